The van der Waals surface area contributed by atoms with Crippen LogP contribution >= 0.6 is 35.6 Å². The van der Waals surface area contributed by atoms with Gasteiger partial charge in [-0.1, -0.05) is 11.6 Å². The molecule has 0 spiro atoms. The van der Waals surface area contributed by atoms with Crippen LogP contribution in [0.3, 0.4) is 0 Å². The topological polar surface area (TPSA) is 55.3 Å². The van der Waals surface area contributed by atoms with Crippen molar-refractivity contribution in [2.45, 2.75) is 38.3 Å². The lowest BCUT2D eigenvalue weighted by Gasteiger charge is -2.34. The highest BCUT2D eigenvalue weighted by atomic mass is 127. The van der Waals surface area contributed by atoms with Crippen molar-refractivity contribution >= 4 is 41.5 Å². The lowest BCUT2D eigenvalue weighted by Crippen LogP contribution is -2.46. The first-order valence-electron chi connectivity index (χ1n) is 9.88. The fraction of sp³-hybridized carbons (Fsp3) is 0.650. The van der Waals surface area contributed by atoms with Crippen molar-refractivity contribution in [3.05, 3.63) is 22.7 Å². The summed E-state index contributed by atoms with van der Waals surface area (Å²) in [5.74, 6) is 3.11. The fourth-order valence-corrected chi connectivity index (χ4v) is 3.86. The van der Waals surface area contributed by atoms with Gasteiger partial charge in [-0.3, -0.25) is 4.99 Å². The number of piperidine rings is 1. The molecule has 2 heterocycles. The third kappa shape index (κ3) is 5.57. The summed E-state index contributed by atoms with van der Waals surface area (Å²) in [7, 11) is 1.83. The van der Waals surface area contributed by atoms with Crippen molar-refractivity contribution in [3.8, 4) is 11.5 Å². The van der Waals surface area contributed by atoms with E-state index in [1.807, 2.05) is 19.2 Å². The average molecular weight is 522 g/mol. The number of hydrogen-bond acceptors (Lipinski definition) is 4. The zero-order valence-corrected chi connectivity index (χ0v) is 19.4. The molecule has 1 N–H and O–H groups in total. The highest BCUT2D eigenvalue weighted by molar-refractivity contribution is 14.0. The SMILES string of the molecule is CN=C(NCc1cc(Cl)c2c(c1)OCCO2)N1CCC(OCC2CC2)CC1.I. The van der Waals surface area contributed by atoms with Gasteiger partial charge in [0.25, 0.3) is 0 Å². The summed E-state index contributed by atoms with van der Waals surface area (Å²) in [5, 5.41) is 4.03. The van der Waals surface area contributed by atoms with Crippen LogP contribution in [0, 0.1) is 5.92 Å². The second kappa shape index (κ2) is 10.2. The quantitative estimate of drug-likeness (QED) is 0.364. The Morgan fingerprint density at radius 2 is 1.96 bits per heavy atom. The molecule has 3 aliphatic rings. The van der Waals surface area contributed by atoms with Gasteiger partial charge in [0.05, 0.1) is 11.1 Å². The molecular weight excluding hydrogens is 493 g/mol. The van der Waals surface area contributed by atoms with Gasteiger partial charge in [0, 0.05) is 33.3 Å². The van der Waals surface area contributed by atoms with Crippen LogP contribution in [-0.4, -0.2) is 56.9 Å². The van der Waals surface area contributed by atoms with E-state index in [4.69, 9.17) is 25.8 Å². The summed E-state index contributed by atoms with van der Waals surface area (Å²) in [6.07, 6.45) is 5.21. The number of halogens is 2. The van der Waals surface area contributed by atoms with E-state index in [1.54, 1.807) is 0 Å². The Kier molecular flexibility index (Phi) is 7.93. The van der Waals surface area contributed by atoms with E-state index in [1.165, 1.54) is 12.8 Å². The molecular formula is C20H29ClIN3O3. The van der Waals surface area contributed by atoms with E-state index in [0.717, 1.165) is 50.0 Å². The van der Waals surface area contributed by atoms with Crippen molar-refractivity contribution < 1.29 is 14.2 Å². The van der Waals surface area contributed by atoms with Crippen molar-refractivity contribution in [1.29, 1.82) is 0 Å². The largest absolute Gasteiger partial charge is 0.486 e. The van der Waals surface area contributed by atoms with Gasteiger partial charge < -0.3 is 24.4 Å². The van der Waals surface area contributed by atoms with Crippen LogP contribution in [-0.2, 0) is 11.3 Å². The lowest BCUT2D eigenvalue weighted by atomic mass is 10.1. The molecule has 1 aromatic carbocycles. The fourth-order valence-electron chi connectivity index (χ4n) is 3.57. The Morgan fingerprint density at radius 1 is 1.21 bits per heavy atom. The van der Waals surface area contributed by atoms with E-state index in [0.29, 0.717) is 42.4 Å². The van der Waals surface area contributed by atoms with Crippen LogP contribution in [0.1, 0.15) is 31.2 Å². The Labute approximate surface area is 189 Å². The minimum atomic E-state index is 0. The van der Waals surface area contributed by atoms with Crippen molar-refractivity contribution in [2.24, 2.45) is 10.9 Å². The van der Waals surface area contributed by atoms with Gasteiger partial charge >= 0.3 is 0 Å². The first kappa shape index (κ1) is 21.8. The monoisotopic (exact) mass is 521 g/mol. The number of aliphatic imine (C=N–C) groups is 1. The van der Waals surface area contributed by atoms with Crippen LogP contribution < -0.4 is 14.8 Å². The molecule has 2 aliphatic heterocycles. The molecule has 8 heteroatoms. The highest BCUT2D eigenvalue weighted by Gasteiger charge is 2.26. The smallest absolute Gasteiger partial charge is 0.193 e. The summed E-state index contributed by atoms with van der Waals surface area (Å²) in [6.45, 7) is 4.62. The number of nitrogens with zero attached hydrogens (tertiary/aromatic N) is 2. The summed E-state index contributed by atoms with van der Waals surface area (Å²) < 4.78 is 17.3. The van der Waals surface area contributed by atoms with Crippen LogP contribution in [0.2, 0.25) is 5.02 Å². The van der Waals surface area contributed by atoms with E-state index in [-0.39, 0.29) is 24.0 Å². The van der Waals surface area contributed by atoms with Crippen molar-refractivity contribution in [3.63, 3.8) is 0 Å². The van der Waals surface area contributed by atoms with E-state index >= 15 is 0 Å². The number of nitrogens with one attached hydrogen (secondary N) is 1. The molecule has 1 saturated carbocycles. The molecule has 1 aliphatic carbocycles. The Morgan fingerprint density at radius 3 is 2.68 bits per heavy atom. The maximum absolute atomic E-state index is 6.33. The van der Waals surface area contributed by atoms with Gasteiger partial charge in [-0.25, -0.2) is 0 Å². The average Bonchev–Trinajstić information content (AvgIpc) is 3.52. The minimum absolute atomic E-state index is 0. The van der Waals surface area contributed by atoms with Crippen LogP contribution in [0.15, 0.2) is 17.1 Å². The van der Waals surface area contributed by atoms with Gasteiger partial charge in [-0.2, -0.15) is 0 Å². The molecule has 0 aromatic heterocycles. The molecule has 1 saturated heterocycles. The van der Waals surface area contributed by atoms with E-state index in [2.05, 4.69) is 15.2 Å². The van der Waals surface area contributed by atoms with Crippen LogP contribution in [0.25, 0.3) is 0 Å². The number of fused-ring (bicyclic) bond motifs is 1. The molecule has 2 fully saturated rings. The molecule has 4 rings (SSSR count). The molecule has 28 heavy (non-hydrogen) atoms. The molecule has 0 atom stereocenters. The summed E-state index contributed by atoms with van der Waals surface area (Å²) in [6, 6.07) is 3.91. The summed E-state index contributed by atoms with van der Waals surface area (Å²) in [5.41, 5.74) is 1.05. The summed E-state index contributed by atoms with van der Waals surface area (Å²) >= 11 is 6.33. The molecule has 0 bridgehead atoms. The van der Waals surface area contributed by atoms with Gasteiger partial charge in [0.15, 0.2) is 17.5 Å². The van der Waals surface area contributed by atoms with E-state index in [9.17, 15) is 0 Å². The second-order valence-electron chi connectivity index (χ2n) is 7.47. The highest BCUT2D eigenvalue weighted by Crippen LogP contribution is 2.38. The number of hydrogen-bond donors (Lipinski definition) is 1. The van der Waals surface area contributed by atoms with Gasteiger partial charge in [-0.15, -0.1) is 24.0 Å². The van der Waals surface area contributed by atoms with Crippen molar-refractivity contribution in [1.82, 2.24) is 10.2 Å². The Balaban J connectivity index is 0.00000225. The van der Waals surface area contributed by atoms with Crippen LogP contribution in [0.4, 0.5) is 0 Å². The predicted molar refractivity (Wildman–Crippen MR) is 121 cm³/mol. The van der Waals surface area contributed by atoms with Crippen LogP contribution in [0.5, 0.6) is 11.5 Å². The molecule has 0 unspecified atom stereocenters. The number of benzene rings is 1. The zero-order chi connectivity index (χ0) is 18.6. The number of likely N-dealkylation sites (tertiary alicyclic amines) is 1. The minimum Gasteiger partial charge on any atom is -0.486 e. The van der Waals surface area contributed by atoms with E-state index < -0.39 is 0 Å². The molecule has 6 nitrogen and oxygen atoms in total. The Hall–Kier alpha value is -0.930. The molecule has 0 amide bonds. The first-order chi connectivity index (χ1) is 13.2. The molecule has 1 aromatic rings. The number of guanidine groups is 1. The zero-order valence-electron chi connectivity index (χ0n) is 16.3. The maximum atomic E-state index is 6.33. The number of rotatable bonds is 5. The first-order valence-corrected chi connectivity index (χ1v) is 10.3. The second-order valence-corrected chi connectivity index (χ2v) is 7.87. The van der Waals surface area contributed by atoms with Crippen molar-refractivity contribution in [2.75, 3.05) is 40.0 Å². The lowest BCUT2D eigenvalue weighted by molar-refractivity contribution is 0.0131. The normalized spacial score (nSPS) is 19.9. The Bertz CT molecular complexity index is 692. The standard InChI is InChI=1S/C20H28ClN3O3.HI/c1-22-20(24-6-4-16(5-7-24)27-13-14-2-3-14)23-12-15-10-17(21)19-18(11-15)25-8-9-26-19;/h10-11,14,16H,2-9,12-13H2,1H3,(H,22,23);1H. The van der Waals surface area contributed by atoms with Gasteiger partial charge in [0.1, 0.15) is 13.2 Å². The third-order valence-electron chi connectivity index (χ3n) is 5.33. The predicted octanol–water partition coefficient (Wildman–Crippen LogP) is 3.70. The van der Waals surface area contributed by atoms with Gasteiger partial charge in [-0.05, 0) is 49.3 Å². The van der Waals surface area contributed by atoms with Gasteiger partial charge in [0.2, 0.25) is 0 Å². The third-order valence-corrected chi connectivity index (χ3v) is 5.61. The molecule has 0 radical (unpaired) electrons. The number of ether oxygens (including phenoxy) is 3. The molecule has 156 valence electrons. The summed E-state index contributed by atoms with van der Waals surface area (Å²) in [4.78, 5) is 6.75. The maximum Gasteiger partial charge on any atom is 0.193 e.